The number of anilines is 3. The third kappa shape index (κ3) is 6.41. The Bertz CT molecular complexity index is 1710. The predicted octanol–water partition coefficient (Wildman–Crippen LogP) is 5.03. The van der Waals surface area contributed by atoms with E-state index in [1.165, 1.54) is 41.4 Å². The third-order valence-corrected chi connectivity index (χ3v) is 7.62. The number of imide groups is 1. The Morgan fingerprint density at radius 2 is 1.84 bits per heavy atom. The minimum absolute atomic E-state index is 0.0688. The van der Waals surface area contributed by atoms with Crippen LogP contribution in [0.3, 0.4) is 0 Å². The number of amides is 4. The highest BCUT2D eigenvalue weighted by Gasteiger charge is 2.45. The third-order valence-electron chi connectivity index (χ3n) is 7.62. The van der Waals surface area contributed by atoms with E-state index in [9.17, 15) is 23.9 Å². The van der Waals surface area contributed by atoms with Crippen molar-refractivity contribution in [2.24, 2.45) is 5.92 Å². The molecule has 1 unspecified atom stereocenters. The zero-order valence-electron chi connectivity index (χ0n) is 24.9. The van der Waals surface area contributed by atoms with Gasteiger partial charge >= 0.3 is 6.03 Å². The van der Waals surface area contributed by atoms with Crippen molar-refractivity contribution in [3.63, 3.8) is 0 Å². The van der Waals surface area contributed by atoms with Gasteiger partial charge < -0.3 is 25.4 Å². The molecule has 1 aliphatic rings. The number of fused-ring (bicyclic) bond motifs is 1. The van der Waals surface area contributed by atoms with Crippen LogP contribution < -0.4 is 20.3 Å². The zero-order valence-corrected chi connectivity index (χ0v) is 24.9. The number of aromatic amines is 1. The van der Waals surface area contributed by atoms with E-state index in [-0.39, 0.29) is 48.1 Å². The standard InChI is InChI=1S/C31H33F2N7O5/c1-4-20(5-2)39-15-22(30(43)40(31(39)44)21-9-6-18(32)7-10-21)29(42)36-19-8-11-24(23(33)14-19)45-25-12-13-34-27-26(25)28(38-37-27)35-17(3)16-41/h6-14,17,20,22,41H,4-5,15-16H2,1-3H3,(H,36,42)(H2,34,35,37,38)/t17-,22?/m1/s1. The minimum Gasteiger partial charge on any atom is -0.453 e. The van der Waals surface area contributed by atoms with Gasteiger partial charge in [-0.2, -0.15) is 5.10 Å². The number of aliphatic hydroxyl groups is 1. The van der Waals surface area contributed by atoms with Crippen molar-refractivity contribution in [1.82, 2.24) is 20.1 Å². The van der Waals surface area contributed by atoms with E-state index in [0.29, 0.717) is 29.7 Å². The van der Waals surface area contributed by atoms with Gasteiger partial charge in [0.2, 0.25) is 11.8 Å². The summed E-state index contributed by atoms with van der Waals surface area (Å²) in [4.78, 5) is 47.0. The first-order valence-electron chi connectivity index (χ1n) is 14.5. The Morgan fingerprint density at radius 1 is 1.11 bits per heavy atom. The van der Waals surface area contributed by atoms with Crippen LogP contribution in [0.1, 0.15) is 33.6 Å². The molecule has 2 atom stereocenters. The number of carbonyl (C=O) groups is 3. The van der Waals surface area contributed by atoms with Gasteiger partial charge in [-0.15, -0.1) is 0 Å². The average Bonchev–Trinajstić information content (AvgIpc) is 3.44. The van der Waals surface area contributed by atoms with E-state index < -0.39 is 35.4 Å². The molecular weight excluding hydrogens is 588 g/mol. The van der Waals surface area contributed by atoms with Gasteiger partial charge in [0.25, 0.3) is 0 Å². The minimum atomic E-state index is -1.30. The van der Waals surface area contributed by atoms with Gasteiger partial charge in [0.1, 0.15) is 22.9 Å². The van der Waals surface area contributed by atoms with Gasteiger partial charge in [0.05, 0.1) is 12.3 Å². The molecule has 4 amide bonds. The first kappa shape index (κ1) is 31.3. The summed E-state index contributed by atoms with van der Waals surface area (Å²) in [5.74, 6) is -3.67. The molecule has 0 radical (unpaired) electrons. The number of ether oxygens (including phenoxy) is 1. The van der Waals surface area contributed by atoms with Crippen LogP contribution in [-0.2, 0) is 9.59 Å². The molecular formula is C31H33F2N7O5. The number of nitrogens with zero attached hydrogens (tertiary/aromatic N) is 4. The number of carbonyl (C=O) groups excluding carboxylic acids is 3. The summed E-state index contributed by atoms with van der Waals surface area (Å²) in [5.41, 5.74) is 0.593. The Labute approximate surface area is 257 Å². The van der Waals surface area contributed by atoms with Crippen molar-refractivity contribution in [1.29, 1.82) is 0 Å². The van der Waals surface area contributed by atoms with E-state index in [4.69, 9.17) is 4.74 Å². The molecule has 12 nitrogen and oxygen atoms in total. The number of rotatable bonds is 11. The molecule has 0 saturated carbocycles. The van der Waals surface area contributed by atoms with Crippen LogP contribution in [0.15, 0.2) is 54.7 Å². The fourth-order valence-corrected chi connectivity index (χ4v) is 5.19. The van der Waals surface area contributed by atoms with E-state index in [1.54, 1.807) is 6.92 Å². The fourth-order valence-electron chi connectivity index (χ4n) is 5.19. The number of aliphatic hydroxyl groups excluding tert-OH is 1. The van der Waals surface area contributed by atoms with Gasteiger partial charge in [-0.1, -0.05) is 13.8 Å². The maximum atomic E-state index is 15.3. The number of halogens is 2. The normalized spacial score (nSPS) is 15.9. The molecule has 4 aromatic rings. The van der Waals surface area contributed by atoms with E-state index in [0.717, 1.165) is 23.1 Å². The molecule has 1 fully saturated rings. The quantitative estimate of drug-likeness (QED) is 0.170. The first-order valence-corrected chi connectivity index (χ1v) is 14.5. The lowest BCUT2D eigenvalue weighted by Crippen LogP contribution is -2.61. The fraction of sp³-hybridized carbons (Fsp3) is 0.323. The lowest BCUT2D eigenvalue weighted by atomic mass is 9.99. The van der Waals surface area contributed by atoms with Crippen molar-refractivity contribution in [2.75, 3.05) is 28.7 Å². The van der Waals surface area contributed by atoms with E-state index >= 15 is 4.39 Å². The highest BCUT2D eigenvalue weighted by Crippen LogP contribution is 2.35. The van der Waals surface area contributed by atoms with Crippen molar-refractivity contribution in [2.45, 2.75) is 45.7 Å². The Kier molecular flexibility index (Phi) is 9.23. The summed E-state index contributed by atoms with van der Waals surface area (Å²) in [7, 11) is 0. The van der Waals surface area contributed by atoms with Crippen molar-refractivity contribution in [3.8, 4) is 11.5 Å². The molecule has 236 valence electrons. The van der Waals surface area contributed by atoms with E-state index in [1.807, 2.05) is 13.8 Å². The van der Waals surface area contributed by atoms with Gasteiger partial charge in [0, 0.05) is 42.6 Å². The van der Waals surface area contributed by atoms with Crippen LogP contribution in [0.2, 0.25) is 0 Å². The molecule has 2 aromatic carbocycles. The molecule has 3 heterocycles. The molecule has 14 heteroatoms. The second kappa shape index (κ2) is 13.3. The van der Waals surface area contributed by atoms with Gasteiger partial charge in [-0.3, -0.25) is 14.7 Å². The van der Waals surface area contributed by atoms with Crippen LogP contribution in [0.25, 0.3) is 11.0 Å². The number of H-pyrrole nitrogens is 1. The highest BCUT2D eigenvalue weighted by atomic mass is 19.1. The molecule has 0 spiro atoms. The molecule has 1 saturated heterocycles. The summed E-state index contributed by atoms with van der Waals surface area (Å²) in [6.07, 6.45) is 2.65. The van der Waals surface area contributed by atoms with Crippen LogP contribution in [0, 0.1) is 17.6 Å². The molecule has 0 bridgehead atoms. The topological polar surface area (TPSA) is 153 Å². The number of pyridine rings is 1. The Hall–Kier alpha value is -5.11. The molecule has 4 N–H and O–H groups in total. The van der Waals surface area contributed by atoms with E-state index in [2.05, 4.69) is 25.8 Å². The number of hydrogen-bond donors (Lipinski definition) is 4. The maximum absolute atomic E-state index is 15.3. The zero-order chi connectivity index (χ0) is 32.2. The van der Waals surface area contributed by atoms with Gasteiger partial charge in [-0.05, 0) is 56.2 Å². The SMILES string of the molecule is CCC(CC)N1CC(C(=O)Nc2ccc(Oc3ccnc4[nH]nc(N[C@H](C)CO)c34)c(F)c2)C(=O)N(c2ccc(F)cc2)C1=O. The summed E-state index contributed by atoms with van der Waals surface area (Å²) < 4.78 is 34.8. The van der Waals surface area contributed by atoms with Crippen LogP contribution in [-0.4, -0.2) is 68.3 Å². The van der Waals surface area contributed by atoms with Crippen molar-refractivity contribution in [3.05, 3.63) is 66.4 Å². The number of benzene rings is 2. The average molecular weight is 622 g/mol. The number of hydrogen-bond acceptors (Lipinski definition) is 8. The highest BCUT2D eigenvalue weighted by molar-refractivity contribution is 6.23. The van der Waals surface area contributed by atoms with Crippen LogP contribution in [0.5, 0.6) is 11.5 Å². The number of urea groups is 1. The summed E-state index contributed by atoms with van der Waals surface area (Å²) in [6, 6.07) is 9.06. The number of nitrogens with one attached hydrogen (secondary N) is 3. The largest absolute Gasteiger partial charge is 0.453 e. The second-order valence-corrected chi connectivity index (χ2v) is 10.7. The Balaban J connectivity index is 1.37. The monoisotopic (exact) mass is 621 g/mol. The maximum Gasteiger partial charge on any atom is 0.331 e. The molecule has 1 aliphatic heterocycles. The number of aromatic nitrogens is 3. The van der Waals surface area contributed by atoms with Crippen molar-refractivity contribution < 1.29 is 33.0 Å². The summed E-state index contributed by atoms with van der Waals surface area (Å²) >= 11 is 0. The summed E-state index contributed by atoms with van der Waals surface area (Å²) in [6.45, 7) is 5.25. The lowest BCUT2D eigenvalue weighted by Gasteiger charge is -2.41. The second-order valence-electron chi connectivity index (χ2n) is 10.7. The predicted molar refractivity (Wildman–Crippen MR) is 163 cm³/mol. The van der Waals surface area contributed by atoms with Crippen molar-refractivity contribution >= 4 is 46.1 Å². The van der Waals surface area contributed by atoms with Gasteiger partial charge in [0.15, 0.2) is 23.0 Å². The Morgan fingerprint density at radius 3 is 2.51 bits per heavy atom. The molecule has 45 heavy (non-hydrogen) atoms. The molecule has 5 rings (SSSR count). The summed E-state index contributed by atoms with van der Waals surface area (Å²) in [5, 5.41) is 22.4. The first-order chi connectivity index (χ1) is 21.6. The van der Waals surface area contributed by atoms with Crippen LogP contribution in [0.4, 0.5) is 30.8 Å². The smallest absolute Gasteiger partial charge is 0.331 e. The molecule has 0 aliphatic carbocycles. The van der Waals surface area contributed by atoms with Crippen LogP contribution >= 0.6 is 0 Å². The lowest BCUT2D eigenvalue weighted by molar-refractivity contribution is -0.132. The molecule has 2 aromatic heterocycles. The van der Waals surface area contributed by atoms with Gasteiger partial charge in [-0.25, -0.2) is 23.5 Å².